The molecule has 1 fully saturated rings. The maximum absolute atomic E-state index is 11.6. The monoisotopic (exact) mass is 206 g/mol. The lowest BCUT2D eigenvalue weighted by molar-refractivity contribution is -0.124. The molecule has 1 heterocycles. The van der Waals surface area contributed by atoms with Crippen LogP contribution in [0.5, 0.6) is 0 Å². The van der Waals surface area contributed by atoms with Crippen molar-refractivity contribution in [2.45, 2.75) is 38.5 Å². The lowest BCUT2D eigenvalue weighted by atomic mass is 9.84. The Hall–Kier alpha value is -1.12. The molecular weight excluding hydrogens is 188 g/mol. The van der Waals surface area contributed by atoms with Crippen molar-refractivity contribution in [2.24, 2.45) is 13.0 Å². The Balaban J connectivity index is 1.87. The highest BCUT2D eigenvalue weighted by Gasteiger charge is 2.21. The molecule has 1 saturated carbocycles. The van der Waals surface area contributed by atoms with Gasteiger partial charge in [0.15, 0.2) is 0 Å². The van der Waals surface area contributed by atoms with Gasteiger partial charge in [-0.15, -0.1) is 0 Å². The van der Waals surface area contributed by atoms with Gasteiger partial charge in [0.25, 0.3) is 0 Å². The fourth-order valence-corrected chi connectivity index (χ4v) is 2.33. The molecule has 2 rings (SSSR count). The lowest BCUT2D eigenvalue weighted by Gasteiger charge is -2.20. The number of carbonyl (C=O) groups excluding carboxylic acids is 1. The van der Waals surface area contributed by atoms with Gasteiger partial charge in [0.1, 0.15) is 5.78 Å². The van der Waals surface area contributed by atoms with Gasteiger partial charge in [0.2, 0.25) is 0 Å². The van der Waals surface area contributed by atoms with Gasteiger partial charge in [-0.05, 0) is 31.7 Å². The molecule has 0 amide bonds. The van der Waals surface area contributed by atoms with Gasteiger partial charge in [-0.2, -0.15) is 5.10 Å². The van der Waals surface area contributed by atoms with Crippen molar-refractivity contribution in [1.82, 2.24) is 9.78 Å². The van der Waals surface area contributed by atoms with Crippen molar-refractivity contribution < 1.29 is 4.79 Å². The van der Waals surface area contributed by atoms with Crippen LogP contribution in [0.25, 0.3) is 0 Å². The van der Waals surface area contributed by atoms with E-state index in [1.165, 1.54) is 12.1 Å². The second kappa shape index (κ2) is 4.60. The van der Waals surface area contributed by atoms with Gasteiger partial charge in [0, 0.05) is 31.3 Å². The summed E-state index contributed by atoms with van der Waals surface area (Å²) in [6.07, 6.45) is 8.01. The molecule has 82 valence electrons. The molecule has 0 radical (unpaired) electrons. The number of aromatic nitrogens is 2. The Labute approximate surface area is 90.5 Å². The Bertz CT molecular complexity index is 343. The Morgan fingerprint density at radius 2 is 2.40 bits per heavy atom. The number of ketones is 1. The number of aryl methyl sites for hydroxylation is 2. The van der Waals surface area contributed by atoms with Gasteiger partial charge >= 0.3 is 0 Å². The van der Waals surface area contributed by atoms with E-state index in [2.05, 4.69) is 5.10 Å². The largest absolute Gasteiger partial charge is 0.299 e. The quantitative estimate of drug-likeness (QED) is 0.759. The average Bonchev–Trinajstić information content (AvgIpc) is 2.63. The van der Waals surface area contributed by atoms with Crippen LogP contribution in [-0.2, 0) is 18.3 Å². The summed E-state index contributed by atoms with van der Waals surface area (Å²) < 4.78 is 1.90. The summed E-state index contributed by atoms with van der Waals surface area (Å²) in [6, 6.07) is 2.04. The first-order chi connectivity index (χ1) is 7.27. The predicted octanol–water partition coefficient (Wildman–Crippen LogP) is 2.11. The van der Waals surface area contributed by atoms with Gasteiger partial charge in [-0.25, -0.2) is 0 Å². The molecule has 1 atom stereocenters. The van der Waals surface area contributed by atoms with E-state index in [-0.39, 0.29) is 0 Å². The number of Topliss-reactive ketones (excluding diaryl/α,β-unsaturated/α-hetero) is 1. The summed E-state index contributed by atoms with van der Waals surface area (Å²) in [5.74, 6) is 0.789. The zero-order valence-corrected chi connectivity index (χ0v) is 9.28. The smallest absolute Gasteiger partial charge is 0.135 e. The molecule has 0 aromatic carbocycles. The first kappa shape index (κ1) is 10.4. The topological polar surface area (TPSA) is 34.9 Å². The molecule has 3 heteroatoms. The van der Waals surface area contributed by atoms with Crippen LogP contribution in [0.3, 0.4) is 0 Å². The van der Waals surface area contributed by atoms with Crippen LogP contribution < -0.4 is 0 Å². The Morgan fingerprint density at radius 3 is 3.07 bits per heavy atom. The Morgan fingerprint density at radius 1 is 1.53 bits per heavy atom. The molecule has 0 bridgehead atoms. The van der Waals surface area contributed by atoms with E-state index in [1.54, 1.807) is 0 Å². The lowest BCUT2D eigenvalue weighted by Crippen LogP contribution is -2.19. The molecule has 3 nitrogen and oxygen atoms in total. The normalized spacial score (nSPS) is 21.9. The minimum Gasteiger partial charge on any atom is -0.299 e. The van der Waals surface area contributed by atoms with E-state index in [0.717, 1.165) is 32.1 Å². The first-order valence-electron chi connectivity index (χ1n) is 5.77. The van der Waals surface area contributed by atoms with Gasteiger partial charge in [-0.3, -0.25) is 9.48 Å². The van der Waals surface area contributed by atoms with Crippen LogP contribution >= 0.6 is 0 Å². The molecule has 0 aliphatic heterocycles. The summed E-state index contributed by atoms with van der Waals surface area (Å²) in [7, 11) is 1.96. The van der Waals surface area contributed by atoms with E-state index in [9.17, 15) is 4.79 Å². The van der Waals surface area contributed by atoms with E-state index in [1.807, 2.05) is 24.0 Å². The second-order valence-electron chi connectivity index (χ2n) is 4.39. The Kier molecular flexibility index (Phi) is 3.19. The molecule has 0 spiro atoms. The highest BCUT2D eigenvalue weighted by atomic mass is 16.1. The summed E-state index contributed by atoms with van der Waals surface area (Å²) in [5, 5.41) is 4.13. The van der Waals surface area contributed by atoms with Crippen LogP contribution in [0, 0.1) is 5.92 Å². The second-order valence-corrected chi connectivity index (χ2v) is 4.39. The SMILES string of the molecule is Cn1nccc1CCC1CCCCC1=O. The van der Waals surface area contributed by atoms with E-state index < -0.39 is 0 Å². The van der Waals surface area contributed by atoms with Gasteiger partial charge in [-0.1, -0.05) is 6.42 Å². The third-order valence-electron chi connectivity index (χ3n) is 3.35. The third-order valence-corrected chi connectivity index (χ3v) is 3.35. The summed E-state index contributed by atoms with van der Waals surface area (Å²) in [6.45, 7) is 0. The third kappa shape index (κ3) is 2.46. The molecular formula is C12H18N2O. The molecule has 1 aromatic heterocycles. The number of rotatable bonds is 3. The molecule has 15 heavy (non-hydrogen) atoms. The maximum atomic E-state index is 11.6. The summed E-state index contributed by atoms with van der Waals surface area (Å²) in [5.41, 5.74) is 1.23. The van der Waals surface area contributed by atoms with Gasteiger partial charge < -0.3 is 0 Å². The first-order valence-corrected chi connectivity index (χ1v) is 5.77. The molecule has 1 aliphatic rings. The molecule has 1 aliphatic carbocycles. The summed E-state index contributed by atoms with van der Waals surface area (Å²) in [4.78, 5) is 11.6. The number of carbonyl (C=O) groups is 1. The standard InChI is InChI=1S/C12H18N2O/c1-14-11(8-9-13-14)7-6-10-4-2-3-5-12(10)15/h8-10H,2-7H2,1H3. The van der Waals surface area contributed by atoms with E-state index >= 15 is 0 Å². The number of hydrogen-bond acceptors (Lipinski definition) is 2. The van der Waals surface area contributed by atoms with Crippen LogP contribution in [0.4, 0.5) is 0 Å². The van der Waals surface area contributed by atoms with Crippen LogP contribution in [0.15, 0.2) is 12.3 Å². The van der Waals surface area contributed by atoms with Crippen molar-refractivity contribution in [3.05, 3.63) is 18.0 Å². The molecule has 1 aromatic rings. The maximum Gasteiger partial charge on any atom is 0.135 e. The zero-order valence-electron chi connectivity index (χ0n) is 9.28. The van der Waals surface area contributed by atoms with E-state index in [4.69, 9.17) is 0 Å². The number of nitrogens with zero attached hydrogens (tertiary/aromatic N) is 2. The van der Waals surface area contributed by atoms with Crippen LogP contribution in [-0.4, -0.2) is 15.6 Å². The summed E-state index contributed by atoms with van der Waals surface area (Å²) >= 11 is 0. The molecule has 0 saturated heterocycles. The predicted molar refractivity (Wildman–Crippen MR) is 58.5 cm³/mol. The fourth-order valence-electron chi connectivity index (χ4n) is 2.33. The fraction of sp³-hybridized carbons (Fsp3) is 0.667. The minimum absolute atomic E-state index is 0.314. The van der Waals surface area contributed by atoms with Crippen molar-refractivity contribution in [3.8, 4) is 0 Å². The average molecular weight is 206 g/mol. The zero-order chi connectivity index (χ0) is 10.7. The highest BCUT2D eigenvalue weighted by molar-refractivity contribution is 5.81. The minimum atomic E-state index is 0.314. The van der Waals surface area contributed by atoms with Crippen molar-refractivity contribution >= 4 is 5.78 Å². The molecule has 0 N–H and O–H groups in total. The van der Waals surface area contributed by atoms with E-state index in [0.29, 0.717) is 11.7 Å². The van der Waals surface area contributed by atoms with Crippen LogP contribution in [0.2, 0.25) is 0 Å². The molecule has 1 unspecified atom stereocenters. The van der Waals surface area contributed by atoms with Crippen molar-refractivity contribution in [1.29, 1.82) is 0 Å². The number of hydrogen-bond donors (Lipinski definition) is 0. The van der Waals surface area contributed by atoms with Crippen LogP contribution in [0.1, 0.15) is 37.8 Å². The van der Waals surface area contributed by atoms with Crippen molar-refractivity contribution in [2.75, 3.05) is 0 Å². The van der Waals surface area contributed by atoms with Crippen molar-refractivity contribution in [3.63, 3.8) is 0 Å². The highest BCUT2D eigenvalue weighted by Crippen LogP contribution is 2.24. The van der Waals surface area contributed by atoms with Gasteiger partial charge in [0.05, 0.1) is 0 Å².